The summed E-state index contributed by atoms with van der Waals surface area (Å²) in [6.45, 7) is 3.03. The Kier molecular flexibility index (Phi) is 11.7. The molecule has 1 unspecified atom stereocenters. The first-order valence-electron chi connectivity index (χ1n) is 16.7. The van der Waals surface area contributed by atoms with Gasteiger partial charge in [0.1, 0.15) is 24.2 Å². The topological polar surface area (TPSA) is 96.0 Å². The molecule has 1 saturated carbocycles. The van der Waals surface area contributed by atoms with Gasteiger partial charge in [0.2, 0.25) is 11.8 Å². The lowest BCUT2D eigenvalue weighted by Gasteiger charge is -2.35. The second-order valence-electron chi connectivity index (χ2n) is 12.7. The number of benzene rings is 4. The number of anilines is 1. The highest BCUT2D eigenvalue weighted by atomic mass is 32.2. The van der Waals surface area contributed by atoms with Crippen molar-refractivity contribution in [2.24, 2.45) is 0 Å². The van der Waals surface area contributed by atoms with E-state index in [1.165, 1.54) is 36.3 Å². The third-order valence-electron chi connectivity index (χ3n) is 8.98. The molecule has 1 N–H and O–H groups in total. The Morgan fingerprint density at radius 3 is 2.16 bits per heavy atom. The van der Waals surface area contributed by atoms with Crippen LogP contribution in [0.5, 0.6) is 5.75 Å². The smallest absolute Gasteiger partial charge is 0.264 e. The quantitative estimate of drug-likeness (QED) is 0.168. The van der Waals surface area contributed by atoms with Gasteiger partial charge >= 0.3 is 0 Å². The first-order valence-corrected chi connectivity index (χ1v) is 18.1. The number of sulfonamides is 1. The Morgan fingerprint density at radius 1 is 0.857 bits per heavy atom. The zero-order valence-electron chi connectivity index (χ0n) is 28.3. The Balaban J connectivity index is 1.60. The second kappa shape index (κ2) is 16.1. The van der Waals surface area contributed by atoms with Crippen LogP contribution in [0.25, 0.3) is 0 Å². The third-order valence-corrected chi connectivity index (χ3v) is 10.8. The van der Waals surface area contributed by atoms with Gasteiger partial charge in [-0.15, -0.1) is 0 Å². The van der Waals surface area contributed by atoms with E-state index in [0.717, 1.165) is 53.1 Å². The van der Waals surface area contributed by atoms with E-state index in [-0.39, 0.29) is 41.2 Å². The molecular formula is C39H44FN3O5S. The molecule has 0 aliphatic heterocycles. The number of amides is 2. The summed E-state index contributed by atoms with van der Waals surface area (Å²) in [4.78, 5) is 30.4. The van der Waals surface area contributed by atoms with Crippen LogP contribution in [0, 0.1) is 19.7 Å². The molecule has 2 amide bonds. The minimum atomic E-state index is -4.30. The molecule has 4 aromatic carbocycles. The summed E-state index contributed by atoms with van der Waals surface area (Å²) in [5, 5.41) is 3.20. The molecule has 1 aliphatic rings. The Hall–Kier alpha value is -4.70. The first kappa shape index (κ1) is 35.6. The highest BCUT2D eigenvalue weighted by Gasteiger charge is 2.36. The van der Waals surface area contributed by atoms with Crippen molar-refractivity contribution >= 4 is 27.5 Å². The van der Waals surface area contributed by atoms with E-state index in [1.807, 2.05) is 44.2 Å². The van der Waals surface area contributed by atoms with E-state index in [4.69, 9.17) is 4.74 Å². The maximum absolute atomic E-state index is 14.8. The van der Waals surface area contributed by atoms with Crippen molar-refractivity contribution in [1.29, 1.82) is 0 Å². The summed E-state index contributed by atoms with van der Waals surface area (Å²) in [6, 6.07) is 25.7. The highest BCUT2D eigenvalue weighted by molar-refractivity contribution is 7.92. The third kappa shape index (κ3) is 9.06. The molecule has 0 spiro atoms. The minimum absolute atomic E-state index is 0.00965. The van der Waals surface area contributed by atoms with Gasteiger partial charge in [0.15, 0.2) is 0 Å². The lowest BCUT2D eigenvalue weighted by molar-refractivity contribution is -0.140. The van der Waals surface area contributed by atoms with E-state index < -0.39 is 34.3 Å². The van der Waals surface area contributed by atoms with Gasteiger partial charge in [0.05, 0.1) is 17.7 Å². The maximum atomic E-state index is 14.8. The molecule has 1 fully saturated rings. The largest absolute Gasteiger partial charge is 0.495 e. The average molecular weight is 686 g/mol. The van der Waals surface area contributed by atoms with Crippen molar-refractivity contribution in [3.63, 3.8) is 0 Å². The maximum Gasteiger partial charge on any atom is 0.264 e. The molecule has 0 saturated heterocycles. The first-order chi connectivity index (χ1) is 23.5. The minimum Gasteiger partial charge on any atom is -0.495 e. The number of hydrogen-bond acceptors (Lipinski definition) is 5. The van der Waals surface area contributed by atoms with Crippen LogP contribution in [0.3, 0.4) is 0 Å². The standard InChI is InChI=1S/C39H44FN3O5S/c1-28-14-21-34(22-15-28)49(46,47)43(35-24-29(2)16-23-37(35)48-3)27-38(44)42(26-31-17-19-32(40)20-18-31)36(25-30-10-6-4-7-11-30)39(45)41-33-12-8-5-9-13-33/h4,6-7,10-11,14-24,33,36H,5,8-9,12-13,25-27H2,1-3H3,(H,41,45). The zero-order chi connectivity index (χ0) is 35.0. The number of rotatable bonds is 13. The molecule has 0 radical (unpaired) electrons. The molecule has 49 heavy (non-hydrogen) atoms. The molecule has 0 aromatic heterocycles. The van der Waals surface area contributed by atoms with Gasteiger partial charge in [-0.1, -0.05) is 85.5 Å². The summed E-state index contributed by atoms with van der Waals surface area (Å²) in [7, 11) is -2.86. The van der Waals surface area contributed by atoms with Gasteiger partial charge in [-0.3, -0.25) is 13.9 Å². The van der Waals surface area contributed by atoms with Gasteiger partial charge < -0.3 is 15.0 Å². The fourth-order valence-electron chi connectivity index (χ4n) is 6.23. The predicted molar refractivity (Wildman–Crippen MR) is 189 cm³/mol. The molecular weight excluding hydrogens is 642 g/mol. The van der Waals surface area contributed by atoms with E-state index >= 15 is 0 Å². The molecule has 8 nitrogen and oxygen atoms in total. The summed E-state index contributed by atoms with van der Waals surface area (Å²) in [5.74, 6) is -1.06. The Labute approximate surface area is 289 Å². The van der Waals surface area contributed by atoms with Crippen LogP contribution in [-0.2, 0) is 32.6 Å². The Bertz CT molecular complexity index is 1830. The van der Waals surface area contributed by atoms with Gasteiger partial charge in [-0.25, -0.2) is 12.8 Å². The van der Waals surface area contributed by atoms with Crippen molar-refractivity contribution in [1.82, 2.24) is 10.2 Å². The number of aryl methyl sites for hydroxylation is 2. The average Bonchev–Trinajstić information content (AvgIpc) is 3.10. The van der Waals surface area contributed by atoms with Crippen molar-refractivity contribution in [3.05, 3.63) is 125 Å². The zero-order valence-corrected chi connectivity index (χ0v) is 29.1. The van der Waals surface area contributed by atoms with Gasteiger partial charge in [0.25, 0.3) is 10.0 Å². The van der Waals surface area contributed by atoms with Gasteiger partial charge in [-0.05, 0) is 79.8 Å². The molecule has 0 bridgehead atoms. The molecule has 10 heteroatoms. The molecule has 4 aromatic rings. The van der Waals surface area contributed by atoms with E-state index in [2.05, 4.69) is 5.32 Å². The van der Waals surface area contributed by atoms with Crippen LogP contribution < -0.4 is 14.4 Å². The number of methoxy groups -OCH3 is 1. The van der Waals surface area contributed by atoms with Crippen molar-refractivity contribution in [3.8, 4) is 5.75 Å². The number of halogens is 1. The van der Waals surface area contributed by atoms with Crippen LogP contribution in [0.1, 0.15) is 54.4 Å². The lowest BCUT2D eigenvalue weighted by atomic mass is 9.94. The monoisotopic (exact) mass is 685 g/mol. The van der Waals surface area contributed by atoms with Gasteiger partial charge in [-0.2, -0.15) is 0 Å². The van der Waals surface area contributed by atoms with Crippen LogP contribution in [0.2, 0.25) is 0 Å². The Morgan fingerprint density at radius 2 is 1.51 bits per heavy atom. The number of nitrogens with zero attached hydrogens (tertiary/aromatic N) is 2. The number of ether oxygens (including phenoxy) is 1. The van der Waals surface area contributed by atoms with Crippen molar-refractivity contribution in [2.75, 3.05) is 18.0 Å². The number of nitrogens with one attached hydrogen (secondary N) is 1. The van der Waals surface area contributed by atoms with Gasteiger partial charge in [0, 0.05) is 19.0 Å². The van der Waals surface area contributed by atoms with Crippen LogP contribution in [-0.4, -0.2) is 50.9 Å². The summed E-state index contributed by atoms with van der Waals surface area (Å²) < 4.78 is 49.5. The summed E-state index contributed by atoms with van der Waals surface area (Å²) in [6.07, 6.45) is 5.04. The molecule has 5 rings (SSSR count). The highest BCUT2D eigenvalue weighted by Crippen LogP contribution is 2.34. The molecule has 258 valence electrons. The van der Waals surface area contributed by atoms with Crippen molar-refractivity contribution < 1.29 is 27.1 Å². The van der Waals surface area contributed by atoms with E-state index in [9.17, 15) is 22.4 Å². The number of hydrogen-bond donors (Lipinski definition) is 1. The summed E-state index contributed by atoms with van der Waals surface area (Å²) in [5.41, 5.74) is 3.29. The molecule has 1 atom stereocenters. The van der Waals surface area contributed by atoms with E-state index in [0.29, 0.717) is 5.56 Å². The second-order valence-corrected chi connectivity index (χ2v) is 14.6. The fourth-order valence-corrected chi connectivity index (χ4v) is 7.65. The number of carbonyl (C=O) groups is 2. The lowest BCUT2D eigenvalue weighted by Crippen LogP contribution is -2.55. The SMILES string of the molecule is COc1ccc(C)cc1N(CC(=O)N(Cc1ccc(F)cc1)C(Cc1ccccc1)C(=O)NC1CCCCC1)S(=O)(=O)c1ccc(C)cc1. The normalized spacial score (nSPS) is 14.1. The molecule has 0 heterocycles. The predicted octanol–water partition coefficient (Wildman–Crippen LogP) is 6.74. The number of carbonyl (C=O) groups excluding carboxylic acids is 2. The van der Waals surface area contributed by atoms with Crippen molar-refractivity contribution in [2.45, 2.75) is 75.9 Å². The molecule has 1 aliphatic carbocycles. The fraction of sp³-hybridized carbons (Fsp3) is 0.333. The van der Waals surface area contributed by atoms with Crippen LogP contribution >= 0.6 is 0 Å². The van der Waals surface area contributed by atoms with E-state index in [1.54, 1.807) is 42.5 Å². The van der Waals surface area contributed by atoms with Crippen LogP contribution in [0.4, 0.5) is 10.1 Å². The van der Waals surface area contributed by atoms with Crippen LogP contribution in [0.15, 0.2) is 102 Å². The summed E-state index contributed by atoms with van der Waals surface area (Å²) >= 11 is 0.